The molecule has 0 saturated heterocycles. The Bertz CT molecular complexity index is 1550. The van der Waals surface area contributed by atoms with Gasteiger partial charge in [-0.15, -0.1) is 0 Å². The van der Waals surface area contributed by atoms with Crippen molar-refractivity contribution in [1.82, 2.24) is 20.6 Å². The molecule has 0 fully saturated rings. The molecule has 3 aromatic carbocycles. The number of fused-ring (bicyclic) bond motifs is 1. The molecule has 0 saturated carbocycles. The van der Waals surface area contributed by atoms with Gasteiger partial charge in [0, 0.05) is 34.8 Å². The maximum absolute atomic E-state index is 13.1. The van der Waals surface area contributed by atoms with E-state index in [0.29, 0.717) is 16.5 Å². The Morgan fingerprint density at radius 2 is 1.51 bits per heavy atom. The second-order valence-corrected chi connectivity index (χ2v) is 8.68. The van der Waals surface area contributed by atoms with Gasteiger partial charge in [-0.2, -0.15) is 0 Å². The first kappa shape index (κ1) is 24.0. The van der Waals surface area contributed by atoms with E-state index < -0.39 is 5.91 Å². The number of carbonyl (C=O) groups excluding carboxylic acids is 2. The standard InChI is InChI=1S/C31H26N4O2/c1-32-19-21-12-14-24(15-13-21)29-25(22-8-4-2-5-9-22)18-26-27(35-29)16-17-33-30(26)31(37)34-20-28(36)23-10-6-3-7-11-23/h2-18,32H,19-20H2,1H3,(H,34,37). The summed E-state index contributed by atoms with van der Waals surface area (Å²) in [6.07, 6.45) is 1.57. The Morgan fingerprint density at radius 1 is 0.811 bits per heavy atom. The fraction of sp³-hybridized carbons (Fsp3) is 0.0968. The van der Waals surface area contributed by atoms with Crippen LogP contribution in [0, 0.1) is 0 Å². The quantitative estimate of drug-likeness (QED) is 0.291. The molecule has 2 N–H and O–H groups in total. The zero-order valence-electron chi connectivity index (χ0n) is 20.4. The zero-order chi connectivity index (χ0) is 25.6. The molecule has 0 radical (unpaired) electrons. The second kappa shape index (κ2) is 10.9. The first-order valence-electron chi connectivity index (χ1n) is 12.1. The molecule has 182 valence electrons. The van der Waals surface area contributed by atoms with Crippen molar-refractivity contribution in [2.45, 2.75) is 6.54 Å². The topological polar surface area (TPSA) is 84.0 Å². The molecule has 0 unspecified atom stereocenters. The van der Waals surface area contributed by atoms with Crippen LogP contribution < -0.4 is 10.6 Å². The first-order valence-corrected chi connectivity index (χ1v) is 12.1. The Hall–Kier alpha value is -4.68. The molecule has 37 heavy (non-hydrogen) atoms. The maximum atomic E-state index is 13.1. The summed E-state index contributed by atoms with van der Waals surface area (Å²) in [5.74, 6) is -0.582. The van der Waals surface area contributed by atoms with Gasteiger partial charge in [-0.25, -0.2) is 4.98 Å². The Morgan fingerprint density at radius 3 is 2.22 bits per heavy atom. The van der Waals surface area contributed by atoms with Crippen molar-refractivity contribution < 1.29 is 9.59 Å². The molecule has 0 aliphatic heterocycles. The minimum Gasteiger partial charge on any atom is -0.343 e. The molecule has 0 bridgehead atoms. The third kappa shape index (κ3) is 5.29. The van der Waals surface area contributed by atoms with Crippen LogP contribution in [0.3, 0.4) is 0 Å². The van der Waals surface area contributed by atoms with Crippen LogP contribution in [-0.2, 0) is 6.54 Å². The van der Waals surface area contributed by atoms with Gasteiger partial charge >= 0.3 is 0 Å². The van der Waals surface area contributed by atoms with Gasteiger partial charge in [0.05, 0.1) is 17.8 Å². The van der Waals surface area contributed by atoms with E-state index in [1.807, 2.05) is 49.5 Å². The minimum atomic E-state index is -0.417. The lowest BCUT2D eigenvalue weighted by Gasteiger charge is -2.14. The number of ketones is 1. The number of hydrogen-bond acceptors (Lipinski definition) is 5. The van der Waals surface area contributed by atoms with Crippen LogP contribution in [0.5, 0.6) is 0 Å². The molecule has 0 aliphatic rings. The van der Waals surface area contributed by atoms with Gasteiger partial charge in [0.2, 0.25) is 0 Å². The van der Waals surface area contributed by atoms with Crippen molar-refractivity contribution >= 4 is 22.6 Å². The molecule has 2 heterocycles. The second-order valence-electron chi connectivity index (χ2n) is 8.68. The summed E-state index contributed by atoms with van der Waals surface area (Å²) in [7, 11) is 1.92. The van der Waals surface area contributed by atoms with Crippen molar-refractivity contribution in [2.75, 3.05) is 13.6 Å². The van der Waals surface area contributed by atoms with Crippen LogP contribution in [0.4, 0.5) is 0 Å². The van der Waals surface area contributed by atoms with Crippen LogP contribution in [0.25, 0.3) is 33.3 Å². The van der Waals surface area contributed by atoms with Gasteiger partial charge in [-0.3, -0.25) is 14.6 Å². The Labute approximate surface area is 215 Å². The Balaban J connectivity index is 1.54. The van der Waals surface area contributed by atoms with Gasteiger partial charge in [-0.1, -0.05) is 84.9 Å². The number of pyridine rings is 2. The normalized spacial score (nSPS) is 10.8. The third-order valence-corrected chi connectivity index (χ3v) is 6.16. The highest BCUT2D eigenvalue weighted by Crippen LogP contribution is 2.34. The van der Waals surface area contributed by atoms with E-state index in [2.05, 4.69) is 39.9 Å². The highest BCUT2D eigenvalue weighted by molar-refractivity contribution is 6.08. The maximum Gasteiger partial charge on any atom is 0.270 e. The summed E-state index contributed by atoms with van der Waals surface area (Å²) < 4.78 is 0. The number of hydrogen-bond donors (Lipinski definition) is 2. The fourth-order valence-corrected chi connectivity index (χ4v) is 4.29. The molecule has 0 atom stereocenters. The molecule has 0 spiro atoms. The molecule has 5 aromatic rings. The van der Waals surface area contributed by atoms with E-state index in [9.17, 15) is 9.59 Å². The lowest BCUT2D eigenvalue weighted by molar-refractivity contribution is 0.0902. The molecular formula is C31H26N4O2. The summed E-state index contributed by atoms with van der Waals surface area (Å²) in [5, 5.41) is 6.52. The average molecular weight is 487 g/mol. The van der Waals surface area contributed by atoms with Crippen LogP contribution in [-0.4, -0.2) is 35.3 Å². The molecule has 5 rings (SSSR count). The van der Waals surface area contributed by atoms with Gasteiger partial charge < -0.3 is 10.6 Å². The predicted octanol–water partition coefficient (Wildman–Crippen LogP) is 5.30. The average Bonchev–Trinajstić information content (AvgIpc) is 2.96. The number of rotatable bonds is 8. The number of nitrogens with one attached hydrogen (secondary N) is 2. The number of carbonyl (C=O) groups is 2. The number of benzene rings is 3. The molecule has 6 nitrogen and oxygen atoms in total. The SMILES string of the molecule is CNCc1ccc(-c2nc3ccnc(C(=O)NCC(=O)c4ccccc4)c3cc2-c2ccccc2)cc1. The van der Waals surface area contributed by atoms with E-state index >= 15 is 0 Å². The van der Waals surface area contributed by atoms with Crippen LogP contribution in [0.1, 0.15) is 26.4 Å². The highest BCUT2D eigenvalue weighted by Gasteiger charge is 2.18. The number of nitrogens with zero attached hydrogens (tertiary/aromatic N) is 2. The predicted molar refractivity (Wildman–Crippen MR) is 146 cm³/mol. The van der Waals surface area contributed by atoms with Crippen LogP contribution in [0.2, 0.25) is 0 Å². The summed E-state index contributed by atoms with van der Waals surface area (Å²) in [6.45, 7) is 0.671. The van der Waals surface area contributed by atoms with Crippen molar-refractivity contribution in [3.8, 4) is 22.4 Å². The van der Waals surface area contributed by atoms with E-state index in [1.165, 1.54) is 5.56 Å². The van der Waals surface area contributed by atoms with Gasteiger partial charge in [-0.05, 0) is 30.3 Å². The Kier molecular flexibility index (Phi) is 7.10. The van der Waals surface area contributed by atoms with Crippen molar-refractivity contribution in [3.05, 3.63) is 120 Å². The van der Waals surface area contributed by atoms with Crippen molar-refractivity contribution in [1.29, 1.82) is 0 Å². The molecule has 1 amide bonds. The highest BCUT2D eigenvalue weighted by atomic mass is 16.2. The lowest BCUT2D eigenvalue weighted by Crippen LogP contribution is -2.30. The summed E-state index contributed by atoms with van der Waals surface area (Å²) in [6, 6.07) is 30.9. The summed E-state index contributed by atoms with van der Waals surface area (Å²) in [4.78, 5) is 35.0. The van der Waals surface area contributed by atoms with Gasteiger partial charge in [0.25, 0.3) is 5.91 Å². The summed E-state index contributed by atoms with van der Waals surface area (Å²) >= 11 is 0. The number of amides is 1. The smallest absolute Gasteiger partial charge is 0.270 e. The zero-order valence-corrected chi connectivity index (χ0v) is 20.4. The fourth-order valence-electron chi connectivity index (χ4n) is 4.29. The molecule has 0 aliphatic carbocycles. The van der Waals surface area contributed by atoms with Crippen LogP contribution >= 0.6 is 0 Å². The third-order valence-electron chi connectivity index (χ3n) is 6.16. The largest absolute Gasteiger partial charge is 0.343 e. The monoisotopic (exact) mass is 486 g/mol. The van der Waals surface area contributed by atoms with E-state index in [-0.39, 0.29) is 18.0 Å². The van der Waals surface area contributed by atoms with E-state index in [1.54, 1.807) is 36.5 Å². The van der Waals surface area contributed by atoms with Gasteiger partial charge in [0.15, 0.2) is 5.78 Å². The van der Waals surface area contributed by atoms with Crippen LogP contribution in [0.15, 0.2) is 103 Å². The molecule has 2 aromatic heterocycles. The van der Waals surface area contributed by atoms with Gasteiger partial charge in [0.1, 0.15) is 5.69 Å². The van der Waals surface area contributed by atoms with E-state index in [0.717, 1.165) is 28.9 Å². The molecular weight excluding hydrogens is 460 g/mol. The van der Waals surface area contributed by atoms with E-state index in [4.69, 9.17) is 4.98 Å². The number of Topliss-reactive ketones (excluding diaryl/α,β-unsaturated/α-hetero) is 1. The summed E-state index contributed by atoms with van der Waals surface area (Å²) in [5.41, 5.74) is 6.32. The van der Waals surface area contributed by atoms with Crippen molar-refractivity contribution in [2.24, 2.45) is 0 Å². The minimum absolute atomic E-state index is 0.114. The lowest BCUT2D eigenvalue weighted by atomic mass is 9.96. The number of aromatic nitrogens is 2. The molecule has 6 heteroatoms. The van der Waals surface area contributed by atoms with Crippen molar-refractivity contribution in [3.63, 3.8) is 0 Å². The first-order chi connectivity index (χ1) is 18.1.